The Kier molecular flexibility index (Phi) is 7.70. The lowest BCUT2D eigenvalue weighted by Crippen LogP contribution is -2.52. The van der Waals surface area contributed by atoms with Gasteiger partial charge in [-0.2, -0.15) is 0 Å². The van der Waals surface area contributed by atoms with Gasteiger partial charge in [-0.05, 0) is 48.2 Å². The first-order valence-corrected chi connectivity index (χ1v) is 13.3. The molecular formula is C28H28N4O4S. The molecule has 1 N–H and O–H groups in total. The van der Waals surface area contributed by atoms with Crippen molar-refractivity contribution in [3.63, 3.8) is 0 Å². The molecule has 2 atom stereocenters. The molecule has 37 heavy (non-hydrogen) atoms. The van der Waals surface area contributed by atoms with Crippen molar-refractivity contribution >= 4 is 35.4 Å². The van der Waals surface area contributed by atoms with Crippen molar-refractivity contribution < 1.29 is 19.1 Å². The highest BCUT2D eigenvalue weighted by atomic mass is 32.2. The van der Waals surface area contributed by atoms with Gasteiger partial charge in [-0.15, -0.1) is 11.8 Å². The molecule has 9 heteroatoms. The van der Waals surface area contributed by atoms with Crippen molar-refractivity contribution in [2.75, 3.05) is 17.3 Å². The Morgan fingerprint density at radius 1 is 0.973 bits per heavy atom. The van der Waals surface area contributed by atoms with Crippen molar-refractivity contribution in [3.8, 4) is 0 Å². The Hall–Kier alpha value is -3.85. The van der Waals surface area contributed by atoms with Crippen LogP contribution < -0.4 is 10.2 Å². The van der Waals surface area contributed by atoms with Crippen LogP contribution >= 0.6 is 11.8 Å². The summed E-state index contributed by atoms with van der Waals surface area (Å²) in [6.45, 7) is 0.136. The summed E-state index contributed by atoms with van der Waals surface area (Å²) in [4.78, 5) is 47.0. The molecular weight excluding hydrogens is 488 g/mol. The molecule has 2 aliphatic rings. The van der Waals surface area contributed by atoms with Crippen molar-refractivity contribution in [1.82, 2.24) is 15.2 Å². The number of carbonyl (C=O) groups is 3. The van der Waals surface area contributed by atoms with Crippen LogP contribution in [0.25, 0.3) is 0 Å². The monoisotopic (exact) mass is 516 g/mol. The van der Waals surface area contributed by atoms with Crippen LogP contribution in [0.15, 0.2) is 85.2 Å². The van der Waals surface area contributed by atoms with Crippen molar-refractivity contribution in [2.24, 2.45) is 5.92 Å². The number of pyridine rings is 1. The second kappa shape index (κ2) is 11.5. The highest BCUT2D eigenvalue weighted by Crippen LogP contribution is 2.42. The van der Waals surface area contributed by atoms with E-state index in [0.29, 0.717) is 11.4 Å². The minimum absolute atomic E-state index is 0.0234. The largest absolute Gasteiger partial charge is 0.444 e. The summed E-state index contributed by atoms with van der Waals surface area (Å²) in [5.74, 6) is 0.0910. The van der Waals surface area contributed by atoms with Gasteiger partial charge < -0.3 is 10.1 Å². The third-order valence-corrected chi connectivity index (χ3v) is 7.71. The molecule has 1 aliphatic heterocycles. The van der Waals surface area contributed by atoms with E-state index in [2.05, 4.69) is 10.3 Å². The number of ether oxygens (including phenoxy) is 1. The lowest BCUT2D eigenvalue weighted by atomic mass is 10.2. The van der Waals surface area contributed by atoms with Gasteiger partial charge in [-0.3, -0.25) is 24.4 Å². The van der Waals surface area contributed by atoms with Gasteiger partial charge in [-0.1, -0.05) is 48.5 Å². The lowest BCUT2D eigenvalue weighted by molar-refractivity contribution is -0.123. The molecule has 0 bridgehead atoms. The zero-order valence-electron chi connectivity index (χ0n) is 20.2. The quantitative estimate of drug-likeness (QED) is 0.448. The number of anilines is 1. The Morgan fingerprint density at radius 2 is 1.65 bits per heavy atom. The van der Waals surface area contributed by atoms with Gasteiger partial charge in [-0.25, -0.2) is 4.79 Å². The number of amides is 3. The molecule has 2 fully saturated rings. The van der Waals surface area contributed by atoms with Gasteiger partial charge in [0.1, 0.15) is 18.0 Å². The van der Waals surface area contributed by atoms with Crippen LogP contribution in [0.5, 0.6) is 0 Å². The molecule has 2 aromatic carbocycles. The maximum atomic E-state index is 14.0. The minimum Gasteiger partial charge on any atom is -0.444 e. The SMILES string of the molecule is O=C(NCN(C(=O)C1CSC(c2ccncc2)N1C(=O)OCc1ccccc1)c1ccccc1)C1CC1. The fourth-order valence-corrected chi connectivity index (χ4v) is 5.64. The molecule has 0 radical (unpaired) electrons. The predicted octanol–water partition coefficient (Wildman–Crippen LogP) is 4.35. The summed E-state index contributed by atoms with van der Waals surface area (Å²) < 4.78 is 5.69. The first kappa shape index (κ1) is 24.8. The molecule has 0 spiro atoms. The molecule has 1 aliphatic carbocycles. The zero-order chi connectivity index (χ0) is 25.6. The van der Waals surface area contributed by atoms with Crippen molar-refractivity contribution in [2.45, 2.75) is 30.9 Å². The number of aromatic nitrogens is 1. The van der Waals surface area contributed by atoms with Gasteiger partial charge >= 0.3 is 6.09 Å². The van der Waals surface area contributed by atoms with Crippen LogP contribution in [-0.4, -0.2) is 46.3 Å². The molecule has 1 aromatic heterocycles. The maximum Gasteiger partial charge on any atom is 0.412 e. The van der Waals surface area contributed by atoms with Gasteiger partial charge in [0.15, 0.2) is 0 Å². The molecule has 1 saturated heterocycles. The molecule has 190 valence electrons. The number of nitrogens with one attached hydrogen (secondary N) is 1. The smallest absolute Gasteiger partial charge is 0.412 e. The van der Waals surface area contributed by atoms with Gasteiger partial charge in [0.05, 0.1) is 6.67 Å². The molecule has 1 saturated carbocycles. The second-order valence-electron chi connectivity index (χ2n) is 9.00. The van der Waals surface area contributed by atoms with Gasteiger partial charge in [0.25, 0.3) is 5.91 Å². The molecule has 2 unspecified atom stereocenters. The minimum atomic E-state index is -0.774. The molecule has 5 rings (SSSR count). The van der Waals surface area contributed by atoms with Crippen LogP contribution in [0.1, 0.15) is 29.3 Å². The van der Waals surface area contributed by atoms with E-state index in [1.165, 1.54) is 21.6 Å². The third-order valence-electron chi connectivity index (χ3n) is 6.39. The van der Waals surface area contributed by atoms with Gasteiger partial charge in [0, 0.05) is 29.8 Å². The zero-order valence-corrected chi connectivity index (χ0v) is 21.0. The average molecular weight is 517 g/mol. The topological polar surface area (TPSA) is 91.8 Å². The van der Waals surface area contributed by atoms with Gasteiger partial charge in [0.2, 0.25) is 5.91 Å². The normalized spacial score (nSPS) is 18.8. The number of hydrogen-bond acceptors (Lipinski definition) is 6. The maximum absolute atomic E-state index is 14.0. The van der Waals surface area contributed by atoms with E-state index < -0.39 is 17.5 Å². The number of para-hydroxylation sites is 1. The molecule has 3 aromatic rings. The number of hydrogen-bond donors (Lipinski definition) is 1. The third kappa shape index (κ3) is 5.94. The Labute approximate surface area is 220 Å². The van der Waals surface area contributed by atoms with E-state index in [1.54, 1.807) is 12.4 Å². The number of rotatable bonds is 8. The fourth-order valence-electron chi connectivity index (χ4n) is 4.23. The number of thioether (sulfide) groups is 1. The van der Waals surface area contributed by atoms with E-state index >= 15 is 0 Å². The van der Waals surface area contributed by atoms with Crippen LogP contribution in [0, 0.1) is 5.92 Å². The summed E-state index contributed by atoms with van der Waals surface area (Å²) in [6.07, 6.45) is 4.52. The lowest BCUT2D eigenvalue weighted by Gasteiger charge is -2.32. The van der Waals surface area contributed by atoms with Crippen LogP contribution in [0.4, 0.5) is 10.5 Å². The van der Waals surface area contributed by atoms with E-state index in [-0.39, 0.29) is 31.0 Å². The Bertz CT molecular complexity index is 1220. The van der Waals surface area contributed by atoms with E-state index in [9.17, 15) is 14.4 Å². The second-order valence-corrected chi connectivity index (χ2v) is 10.1. The summed E-state index contributed by atoms with van der Waals surface area (Å²) >= 11 is 1.50. The van der Waals surface area contributed by atoms with E-state index in [0.717, 1.165) is 24.0 Å². The standard InChI is InChI=1S/C28H28N4O4S/c33-25(21-11-12-21)30-19-31(23-9-5-2-6-10-23)26(34)24-18-37-27(22-13-15-29-16-14-22)32(24)28(35)36-17-20-7-3-1-4-8-20/h1-10,13-16,21,24,27H,11-12,17-19H2,(H,30,33). The van der Waals surface area contributed by atoms with Crippen molar-refractivity contribution in [1.29, 1.82) is 0 Å². The summed E-state index contributed by atoms with van der Waals surface area (Å²) in [7, 11) is 0. The van der Waals surface area contributed by atoms with Crippen LogP contribution in [0.2, 0.25) is 0 Å². The Balaban J connectivity index is 1.40. The van der Waals surface area contributed by atoms with Crippen LogP contribution in [-0.2, 0) is 20.9 Å². The Morgan fingerprint density at radius 3 is 2.32 bits per heavy atom. The average Bonchev–Trinajstić information content (AvgIpc) is 3.71. The number of benzene rings is 2. The summed E-state index contributed by atoms with van der Waals surface area (Å²) in [5.41, 5.74) is 2.37. The highest BCUT2D eigenvalue weighted by Gasteiger charge is 2.45. The number of nitrogens with zero attached hydrogens (tertiary/aromatic N) is 3. The van der Waals surface area contributed by atoms with E-state index in [4.69, 9.17) is 4.74 Å². The van der Waals surface area contributed by atoms with Crippen molar-refractivity contribution in [3.05, 3.63) is 96.3 Å². The molecule has 8 nitrogen and oxygen atoms in total. The molecule has 2 heterocycles. The molecule has 3 amide bonds. The van der Waals surface area contributed by atoms with Crippen LogP contribution in [0.3, 0.4) is 0 Å². The first-order chi connectivity index (χ1) is 18.1. The summed E-state index contributed by atoms with van der Waals surface area (Å²) in [6, 6.07) is 21.5. The predicted molar refractivity (Wildman–Crippen MR) is 141 cm³/mol. The fraction of sp³-hybridized carbons (Fsp3) is 0.286. The highest BCUT2D eigenvalue weighted by molar-refractivity contribution is 7.99. The summed E-state index contributed by atoms with van der Waals surface area (Å²) in [5, 5.41) is 2.49. The first-order valence-electron chi connectivity index (χ1n) is 12.3. The van der Waals surface area contributed by atoms with E-state index in [1.807, 2.05) is 72.8 Å². The number of carbonyl (C=O) groups excluding carboxylic acids is 3.